The number of nitrogens with zero attached hydrogens (tertiary/aromatic N) is 3. The lowest BCUT2D eigenvalue weighted by atomic mass is 9.95. The van der Waals surface area contributed by atoms with E-state index in [9.17, 15) is 19.6 Å². The predicted molar refractivity (Wildman–Crippen MR) is 116 cm³/mol. The van der Waals surface area contributed by atoms with Gasteiger partial charge in [0.1, 0.15) is 11.6 Å². The minimum absolute atomic E-state index is 0.0255. The van der Waals surface area contributed by atoms with Gasteiger partial charge in [0.2, 0.25) is 0 Å². The summed E-state index contributed by atoms with van der Waals surface area (Å²) in [5.74, 6) is -0.613. The van der Waals surface area contributed by atoms with Crippen molar-refractivity contribution in [3.63, 3.8) is 0 Å². The largest absolute Gasteiger partial charge is 0.463 e. The van der Waals surface area contributed by atoms with E-state index in [0.717, 1.165) is 4.68 Å². The van der Waals surface area contributed by atoms with Crippen molar-refractivity contribution in [1.29, 1.82) is 5.26 Å². The molecule has 32 heavy (non-hydrogen) atoms. The number of nitriles is 1. The molecule has 1 aromatic heterocycles. The van der Waals surface area contributed by atoms with Crippen molar-refractivity contribution in [2.45, 2.75) is 46.2 Å². The second kappa shape index (κ2) is 9.92. The maximum Gasteiger partial charge on any atom is 0.338 e. The third-order valence-electron chi connectivity index (χ3n) is 5.23. The van der Waals surface area contributed by atoms with Crippen molar-refractivity contribution in [3.05, 3.63) is 74.3 Å². The highest BCUT2D eigenvalue weighted by Crippen LogP contribution is 2.28. The molecular formula is C23H25N5O4. The SMILES string of the molecule is CCOC(=O)C1=C(Cn2nc(CC)c(CC)c(C#N)c2=O)NC(=O)NC1c1ccccc1. The molecule has 9 nitrogen and oxygen atoms in total. The average Bonchev–Trinajstić information content (AvgIpc) is 2.80. The summed E-state index contributed by atoms with van der Waals surface area (Å²) in [6.45, 7) is 5.40. The van der Waals surface area contributed by atoms with Gasteiger partial charge in [-0.15, -0.1) is 0 Å². The van der Waals surface area contributed by atoms with E-state index in [2.05, 4.69) is 15.7 Å². The van der Waals surface area contributed by atoms with E-state index in [1.807, 2.05) is 26.0 Å². The van der Waals surface area contributed by atoms with Crippen molar-refractivity contribution in [2.75, 3.05) is 6.61 Å². The van der Waals surface area contributed by atoms with Crippen LogP contribution in [-0.2, 0) is 28.9 Å². The van der Waals surface area contributed by atoms with Gasteiger partial charge in [0.15, 0.2) is 0 Å². The lowest BCUT2D eigenvalue weighted by molar-refractivity contribution is -0.139. The smallest absolute Gasteiger partial charge is 0.338 e. The standard InChI is InChI=1S/C23H25N5O4/c1-4-15-16(12-24)21(29)28(27-17(15)5-2)13-18-19(22(30)32-6-3)20(26-23(31)25-18)14-10-8-7-9-11-14/h7-11,20H,4-6,13H2,1-3H3,(H2,25,26,31). The number of hydrogen-bond acceptors (Lipinski definition) is 6. The molecule has 0 saturated heterocycles. The van der Waals surface area contributed by atoms with Gasteiger partial charge in [-0.2, -0.15) is 10.4 Å². The maximum atomic E-state index is 13.0. The van der Waals surface area contributed by atoms with Crippen LogP contribution in [0.4, 0.5) is 4.79 Å². The summed E-state index contributed by atoms with van der Waals surface area (Å²) in [4.78, 5) is 38.3. The second-order valence-electron chi connectivity index (χ2n) is 7.14. The van der Waals surface area contributed by atoms with Gasteiger partial charge in [0, 0.05) is 0 Å². The molecular weight excluding hydrogens is 410 g/mol. The van der Waals surface area contributed by atoms with Crippen LogP contribution < -0.4 is 16.2 Å². The summed E-state index contributed by atoms with van der Waals surface area (Å²) in [6, 6.07) is 9.71. The first-order chi connectivity index (χ1) is 15.4. The minimum Gasteiger partial charge on any atom is -0.463 e. The molecule has 0 fully saturated rings. The number of aryl methyl sites for hydroxylation is 1. The molecule has 2 amide bonds. The molecule has 0 spiro atoms. The van der Waals surface area contributed by atoms with Crippen LogP contribution in [0, 0.1) is 11.3 Å². The summed E-state index contributed by atoms with van der Waals surface area (Å²) in [5.41, 5.74) is 1.78. The summed E-state index contributed by atoms with van der Waals surface area (Å²) < 4.78 is 6.37. The van der Waals surface area contributed by atoms with Crippen LogP contribution in [0.25, 0.3) is 0 Å². The molecule has 0 radical (unpaired) electrons. The van der Waals surface area contributed by atoms with Gasteiger partial charge in [-0.05, 0) is 30.9 Å². The molecule has 2 aromatic rings. The lowest BCUT2D eigenvalue weighted by Crippen LogP contribution is -2.47. The van der Waals surface area contributed by atoms with Gasteiger partial charge in [0.25, 0.3) is 5.56 Å². The zero-order valence-corrected chi connectivity index (χ0v) is 18.3. The first-order valence-corrected chi connectivity index (χ1v) is 10.5. The van der Waals surface area contributed by atoms with Crippen molar-refractivity contribution in [3.8, 4) is 6.07 Å². The van der Waals surface area contributed by atoms with Gasteiger partial charge in [-0.1, -0.05) is 44.2 Å². The number of carbonyl (C=O) groups is 2. The molecule has 1 aliphatic heterocycles. The summed E-state index contributed by atoms with van der Waals surface area (Å²) >= 11 is 0. The topological polar surface area (TPSA) is 126 Å². The van der Waals surface area contributed by atoms with Crippen molar-refractivity contribution < 1.29 is 14.3 Å². The Morgan fingerprint density at radius 1 is 1.19 bits per heavy atom. The zero-order chi connectivity index (χ0) is 23.3. The molecule has 1 atom stereocenters. The van der Waals surface area contributed by atoms with Crippen molar-refractivity contribution in [2.24, 2.45) is 0 Å². The number of urea groups is 1. The van der Waals surface area contributed by atoms with E-state index in [0.29, 0.717) is 29.7 Å². The van der Waals surface area contributed by atoms with Crippen LogP contribution in [0.15, 0.2) is 46.4 Å². The molecule has 1 unspecified atom stereocenters. The number of rotatable bonds is 7. The first kappa shape index (κ1) is 22.7. The lowest BCUT2D eigenvalue weighted by Gasteiger charge is -2.29. The van der Waals surface area contributed by atoms with E-state index in [-0.39, 0.29) is 30.0 Å². The normalized spacial score (nSPS) is 15.6. The van der Waals surface area contributed by atoms with Gasteiger partial charge in [-0.25, -0.2) is 14.3 Å². The fourth-order valence-corrected chi connectivity index (χ4v) is 3.78. The van der Waals surface area contributed by atoms with Gasteiger partial charge < -0.3 is 15.4 Å². The molecule has 2 heterocycles. The number of esters is 1. The second-order valence-corrected chi connectivity index (χ2v) is 7.14. The highest BCUT2D eigenvalue weighted by Gasteiger charge is 2.34. The summed E-state index contributed by atoms with van der Waals surface area (Å²) in [5, 5.41) is 19.4. The predicted octanol–water partition coefficient (Wildman–Crippen LogP) is 2.11. The van der Waals surface area contributed by atoms with Crippen molar-refractivity contribution >= 4 is 12.0 Å². The first-order valence-electron chi connectivity index (χ1n) is 10.5. The number of nitrogens with one attached hydrogen (secondary N) is 2. The van der Waals surface area contributed by atoms with E-state index in [1.54, 1.807) is 31.2 Å². The number of aromatic nitrogens is 2. The Kier molecular flexibility index (Phi) is 7.05. The third kappa shape index (κ3) is 4.39. The average molecular weight is 435 g/mol. The molecule has 0 saturated carbocycles. The Bertz CT molecular complexity index is 1160. The molecule has 1 aromatic carbocycles. The molecule has 2 N–H and O–H groups in total. The number of amides is 2. The Morgan fingerprint density at radius 3 is 2.50 bits per heavy atom. The van der Waals surface area contributed by atoms with Crippen LogP contribution in [-0.4, -0.2) is 28.4 Å². The summed E-state index contributed by atoms with van der Waals surface area (Å²) in [6.07, 6.45) is 1.03. The number of carbonyl (C=O) groups excluding carboxylic acids is 2. The Morgan fingerprint density at radius 2 is 1.91 bits per heavy atom. The fourth-order valence-electron chi connectivity index (χ4n) is 3.78. The van der Waals surface area contributed by atoms with E-state index < -0.39 is 23.6 Å². The van der Waals surface area contributed by atoms with Crippen LogP contribution in [0.3, 0.4) is 0 Å². The van der Waals surface area contributed by atoms with Crippen LogP contribution in [0.1, 0.15) is 49.2 Å². The Labute approximate surface area is 185 Å². The zero-order valence-electron chi connectivity index (χ0n) is 18.3. The number of hydrogen-bond donors (Lipinski definition) is 2. The number of ether oxygens (including phenoxy) is 1. The van der Waals surface area contributed by atoms with Gasteiger partial charge in [-0.3, -0.25) is 4.79 Å². The number of benzene rings is 1. The number of allylic oxidation sites excluding steroid dienone is 1. The summed E-state index contributed by atoms with van der Waals surface area (Å²) in [7, 11) is 0. The molecule has 0 aliphatic carbocycles. The molecule has 3 rings (SSSR count). The molecule has 1 aliphatic rings. The van der Waals surface area contributed by atoms with Gasteiger partial charge >= 0.3 is 12.0 Å². The van der Waals surface area contributed by atoms with Gasteiger partial charge in [0.05, 0.1) is 36.2 Å². The highest BCUT2D eigenvalue weighted by atomic mass is 16.5. The van der Waals surface area contributed by atoms with Crippen molar-refractivity contribution in [1.82, 2.24) is 20.4 Å². The maximum absolute atomic E-state index is 13.0. The van der Waals surface area contributed by atoms with E-state index >= 15 is 0 Å². The fraction of sp³-hybridized carbons (Fsp3) is 0.348. The van der Waals surface area contributed by atoms with E-state index in [4.69, 9.17) is 4.74 Å². The molecule has 0 bridgehead atoms. The third-order valence-corrected chi connectivity index (χ3v) is 5.23. The van der Waals surface area contributed by atoms with E-state index in [1.165, 1.54) is 0 Å². The van der Waals surface area contributed by atoms with Crippen LogP contribution in [0.5, 0.6) is 0 Å². The monoisotopic (exact) mass is 435 g/mol. The Balaban J connectivity index is 2.18. The molecule has 9 heteroatoms. The molecule has 166 valence electrons. The van der Waals surface area contributed by atoms with Crippen LogP contribution in [0.2, 0.25) is 0 Å². The highest BCUT2D eigenvalue weighted by molar-refractivity contribution is 5.95. The quantitative estimate of drug-likeness (QED) is 0.642. The minimum atomic E-state index is -0.759. The Hall–Kier alpha value is -3.93. The van der Waals surface area contributed by atoms with Crippen LogP contribution >= 0.6 is 0 Å².